The zero-order valence-corrected chi connectivity index (χ0v) is 8.96. The summed E-state index contributed by atoms with van der Waals surface area (Å²) in [7, 11) is 0. The number of hydrogen-bond donors (Lipinski definition) is 1. The molecule has 0 saturated carbocycles. The molecule has 2 rings (SSSR count). The first-order valence-corrected chi connectivity index (χ1v) is 5.73. The first-order valence-electron chi connectivity index (χ1n) is 4.96. The minimum atomic E-state index is 0.267. The maximum Gasteiger partial charge on any atom is 0.0653 e. The molecule has 1 atom stereocenters. The van der Waals surface area contributed by atoms with Gasteiger partial charge in [0, 0.05) is 4.88 Å². The number of nitrogens with two attached hydrogens (primary N) is 1. The lowest BCUT2D eigenvalue weighted by atomic mass is 9.74. The molecular weight excluding hydrogens is 194 g/mol. The van der Waals surface area contributed by atoms with Crippen molar-refractivity contribution < 1.29 is 0 Å². The van der Waals surface area contributed by atoms with Crippen LogP contribution in [-0.2, 0) is 6.42 Å². The zero-order chi connectivity index (χ0) is 9.86. The Morgan fingerprint density at radius 3 is 3.00 bits per heavy atom. The minimum Gasteiger partial charge on any atom is -0.330 e. The average molecular weight is 209 g/mol. The molecule has 0 bridgehead atoms. The van der Waals surface area contributed by atoms with E-state index >= 15 is 0 Å². The van der Waals surface area contributed by atoms with Crippen LogP contribution in [-0.4, -0.2) is 16.1 Å². The number of aromatic nitrogens is 2. The highest BCUT2D eigenvalue weighted by atomic mass is 32.1. The van der Waals surface area contributed by atoms with Crippen molar-refractivity contribution in [2.75, 3.05) is 6.54 Å². The van der Waals surface area contributed by atoms with Gasteiger partial charge in [0.2, 0.25) is 0 Å². The fraction of sp³-hybridized carbons (Fsp3) is 0.600. The number of allylic oxidation sites excluding steroid dienone is 2. The molecule has 0 saturated heterocycles. The molecule has 1 aromatic rings. The van der Waals surface area contributed by atoms with Gasteiger partial charge in [-0.2, -0.15) is 0 Å². The molecule has 0 amide bonds. The van der Waals surface area contributed by atoms with Crippen molar-refractivity contribution in [2.45, 2.75) is 25.7 Å². The molecule has 1 aromatic heterocycles. The molecule has 0 fully saturated rings. The summed E-state index contributed by atoms with van der Waals surface area (Å²) < 4.78 is 3.89. The van der Waals surface area contributed by atoms with Gasteiger partial charge in [0.15, 0.2) is 0 Å². The summed E-state index contributed by atoms with van der Waals surface area (Å²) in [6.45, 7) is 0.759. The monoisotopic (exact) mass is 209 g/mol. The van der Waals surface area contributed by atoms with E-state index in [1.165, 1.54) is 22.8 Å². The molecule has 0 radical (unpaired) electrons. The third-order valence-corrected chi connectivity index (χ3v) is 3.61. The van der Waals surface area contributed by atoms with Crippen molar-refractivity contribution in [3.05, 3.63) is 23.2 Å². The second kappa shape index (κ2) is 4.19. The highest BCUT2D eigenvalue weighted by Crippen LogP contribution is 2.35. The molecule has 0 aromatic carbocycles. The van der Waals surface area contributed by atoms with Crippen molar-refractivity contribution in [3.63, 3.8) is 0 Å². The van der Waals surface area contributed by atoms with Crippen LogP contribution in [0.1, 0.15) is 24.1 Å². The van der Waals surface area contributed by atoms with Gasteiger partial charge >= 0.3 is 0 Å². The summed E-state index contributed by atoms with van der Waals surface area (Å²) in [6, 6.07) is 0. The van der Waals surface area contributed by atoms with E-state index in [1.807, 2.05) is 6.20 Å². The molecule has 76 valence electrons. The lowest BCUT2D eigenvalue weighted by Crippen LogP contribution is -2.33. The Balaban J connectivity index is 2.09. The molecule has 1 unspecified atom stereocenters. The zero-order valence-electron chi connectivity index (χ0n) is 8.15. The summed E-state index contributed by atoms with van der Waals surface area (Å²) in [5.74, 6) is 0. The third-order valence-electron chi connectivity index (χ3n) is 2.95. The van der Waals surface area contributed by atoms with Crippen LogP contribution < -0.4 is 5.73 Å². The van der Waals surface area contributed by atoms with E-state index in [0.29, 0.717) is 0 Å². The van der Waals surface area contributed by atoms with Gasteiger partial charge in [0.1, 0.15) is 0 Å². The fourth-order valence-electron chi connectivity index (χ4n) is 2.00. The highest BCUT2D eigenvalue weighted by Gasteiger charge is 2.29. The maximum absolute atomic E-state index is 5.88. The number of nitrogens with zero attached hydrogens (tertiary/aromatic N) is 2. The Labute approximate surface area is 88.2 Å². The quantitative estimate of drug-likeness (QED) is 0.772. The lowest BCUT2D eigenvalue weighted by molar-refractivity contribution is 0.268. The van der Waals surface area contributed by atoms with Crippen LogP contribution in [0.15, 0.2) is 18.3 Å². The Kier molecular flexibility index (Phi) is 2.93. The predicted molar refractivity (Wildman–Crippen MR) is 58.1 cm³/mol. The first kappa shape index (κ1) is 9.80. The van der Waals surface area contributed by atoms with Crippen molar-refractivity contribution in [3.8, 4) is 0 Å². The van der Waals surface area contributed by atoms with Gasteiger partial charge in [0.05, 0.1) is 6.20 Å². The van der Waals surface area contributed by atoms with E-state index < -0.39 is 0 Å². The van der Waals surface area contributed by atoms with Crippen LogP contribution in [0.4, 0.5) is 0 Å². The number of hydrogen-bond acceptors (Lipinski definition) is 4. The van der Waals surface area contributed by atoms with Crippen molar-refractivity contribution >= 4 is 11.5 Å². The molecule has 1 heterocycles. The fourth-order valence-corrected chi connectivity index (χ4v) is 2.66. The summed E-state index contributed by atoms with van der Waals surface area (Å²) in [4.78, 5) is 1.26. The third kappa shape index (κ3) is 2.01. The first-order chi connectivity index (χ1) is 6.85. The lowest BCUT2D eigenvalue weighted by Gasteiger charge is -2.33. The predicted octanol–water partition coefficient (Wildman–Crippen LogP) is 1.77. The molecule has 1 aliphatic rings. The highest BCUT2D eigenvalue weighted by molar-refractivity contribution is 7.05. The largest absolute Gasteiger partial charge is 0.330 e. The minimum absolute atomic E-state index is 0.267. The molecular formula is C10H15N3S. The normalized spacial score (nSPS) is 26.6. The van der Waals surface area contributed by atoms with Crippen molar-refractivity contribution in [2.24, 2.45) is 11.1 Å². The van der Waals surface area contributed by atoms with Gasteiger partial charge in [-0.05, 0) is 49.2 Å². The molecule has 1 aliphatic carbocycles. The second-order valence-corrected chi connectivity index (χ2v) is 4.85. The Bertz CT molecular complexity index is 307. The summed E-state index contributed by atoms with van der Waals surface area (Å²) in [5, 5.41) is 3.86. The Hall–Kier alpha value is -0.740. The van der Waals surface area contributed by atoms with Crippen LogP contribution >= 0.6 is 11.5 Å². The molecule has 3 nitrogen and oxygen atoms in total. The van der Waals surface area contributed by atoms with Crippen LogP contribution in [0.3, 0.4) is 0 Å². The molecule has 0 spiro atoms. The molecule has 14 heavy (non-hydrogen) atoms. The van der Waals surface area contributed by atoms with Crippen LogP contribution in [0, 0.1) is 5.41 Å². The molecule has 0 aliphatic heterocycles. The van der Waals surface area contributed by atoms with Gasteiger partial charge < -0.3 is 5.73 Å². The Morgan fingerprint density at radius 2 is 2.43 bits per heavy atom. The smallest absolute Gasteiger partial charge is 0.0653 e. The summed E-state index contributed by atoms with van der Waals surface area (Å²) >= 11 is 1.49. The van der Waals surface area contributed by atoms with Gasteiger partial charge in [0.25, 0.3) is 0 Å². The average Bonchev–Trinajstić information content (AvgIpc) is 2.72. The summed E-state index contributed by atoms with van der Waals surface area (Å²) in [6.07, 6.45) is 10.8. The van der Waals surface area contributed by atoms with Gasteiger partial charge in [-0.15, -0.1) is 5.10 Å². The maximum atomic E-state index is 5.88. The second-order valence-electron chi connectivity index (χ2n) is 3.98. The topological polar surface area (TPSA) is 51.8 Å². The standard InChI is InChI=1S/C10H15N3S/c11-8-10(4-2-1-3-5-10)6-9-7-12-13-14-9/h1-2,7H,3-6,8,11H2. The van der Waals surface area contributed by atoms with E-state index in [2.05, 4.69) is 21.7 Å². The Morgan fingerprint density at radius 1 is 1.50 bits per heavy atom. The number of rotatable bonds is 3. The van der Waals surface area contributed by atoms with E-state index in [9.17, 15) is 0 Å². The van der Waals surface area contributed by atoms with Gasteiger partial charge in [-0.1, -0.05) is 16.6 Å². The van der Waals surface area contributed by atoms with Gasteiger partial charge in [-0.3, -0.25) is 0 Å². The van der Waals surface area contributed by atoms with Crippen LogP contribution in [0.5, 0.6) is 0 Å². The van der Waals surface area contributed by atoms with Crippen LogP contribution in [0.25, 0.3) is 0 Å². The molecule has 2 N–H and O–H groups in total. The van der Waals surface area contributed by atoms with E-state index in [0.717, 1.165) is 25.8 Å². The summed E-state index contributed by atoms with van der Waals surface area (Å²) in [5.41, 5.74) is 6.15. The van der Waals surface area contributed by atoms with Crippen molar-refractivity contribution in [1.29, 1.82) is 0 Å². The molecule has 4 heteroatoms. The SMILES string of the molecule is NCC1(Cc2cnns2)CC=CCC1. The van der Waals surface area contributed by atoms with Crippen LogP contribution in [0.2, 0.25) is 0 Å². The van der Waals surface area contributed by atoms with Gasteiger partial charge in [-0.25, -0.2) is 0 Å². The van der Waals surface area contributed by atoms with E-state index in [4.69, 9.17) is 5.73 Å². The van der Waals surface area contributed by atoms with Crippen molar-refractivity contribution in [1.82, 2.24) is 9.59 Å². The van der Waals surface area contributed by atoms with E-state index in [1.54, 1.807) is 0 Å². The van der Waals surface area contributed by atoms with E-state index in [-0.39, 0.29) is 5.41 Å².